The molecule has 0 aliphatic heterocycles. The lowest BCUT2D eigenvalue weighted by Gasteiger charge is -2.06. The van der Waals surface area contributed by atoms with Gasteiger partial charge in [-0.3, -0.25) is 0 Å². The molecule has 16 heavy (non-hydrogen) atoms. The average Bonchev–Trinajstić information content (AvgIpc) is 2.26. The highest BCUT2D eigenvalue weighted by atomic mass is 35.5. The van der Waals surface area contributed by atoms with Gasteiger partial charge in [0, 0.05) is 10.6 Å². The second kappa shape index (κ2) is 4.14. The van der Waals surface area contributed by atoms with Crippen LogP contribution in [0.15, 0.2) is 36.4 Å². The zero-order chi connectivity index (χ0) is 11.7. The fourth-order valence-electron chi connectivity index (χ4n) is 1.50. The third-order valence-electron chi connectivity index (χ3n) is 2.44. The summed E-state index contributed by atoms with van der Waals surface area (Å²) in [6.07, 6.45) is 0. The molecule has 0 saturated heterocycles. The molecule has 0 aromatic heterocycles. The van der Waals surface area contributed by atoms with Gasteiger partial charge in [0.15, 0.2) is 0 Å². The molecule has 0 aliphatic carbocycles. The molecule has 0 heterocycles. The predicted molar refractivity (Wildman–Crippen MR) is 63.2 cm³/mol. The van der Waals surface area contributed by atoms with Gasteiger partial charge in [-0.05, 0) is 42.3 Å². The van der Waals surface area contributed by atoms with Crippen LogP contribution in [-0.4, -0.2) is 5.11 Å². The van der Waals surface area contributed by atoms with Crippen molar-refractivity contribution in [3.05, 3.63) is 52.8 Å². The lowest BCUT2D eigenvalue weighted by molar-refractivity contribution is 0.477. The summed E-state index contributed by atoms with van der Waals surface area (Å²) in [6, 6.07) is 9.51. The minimum atomic E-state index is -0.295. The second-order valence-corrected chi connectivity index (χ2v) is 4.06. The van der Waals surface area contributed by atoms with Gasteiger partial charge in [-0.1, -0.05) is 23.7 Å². The summed E-state index contributed by atoms with van der Waals surface area (Å²) in [5.41, 5.74) is 1.72. The molecule has 3 heteroatoms. The summed E-state index contributed by atoms with van der Waals surface area (Å²) in [7, 11) is 0. The normalized spacial score (nSPS) is 10.4. The Kier molecular flexibility index (Phi) is 2.84. The van der Waals surface area contributed by atoms with Gasteiger partial charge in [0.25, 0.3) is 0 Å². The van der Waals surface area contributed by atoms with Crippen LogP contribution in [-0.2, 0) is 0 Å². The van der Waals surface area contributed by atoms with Crippen molar-refractivity contribution in [3.63, 3.8) is 0 Å². The van der Waals surface area contributed by atoms with Crippen molar-refractivity contribution in [2.24, 2.45) is 0 Å². The Morgan fingerprint density at radius 1 is 1.12 bits per heavy atom. The molecule has 0 saturated carbocycles. The zero-order valence-corrected chi connectivity index (χ0v) is 9.42. The SMILES string of the molecule is Cc1ccc(-c2cc(Cl)ccc2O)cc1F. The number of hydrogen-bond acceptors (Lipinski definition) is 1. The van der Waals surface area contributed by atoms with E-state index >= 15 is 0 Å². The Hall–Kier alpha value is -1.54. The largest absolute Gasteiger partial charge is 0.507 e. The molecule has 0 aliphatic rings. The molecule has 0 radical (unpaired) electrons. The van der Waals surface area contributed by atoms with Crippen LogP contribution in [0.1, 0.15) is 5.56 Å². The quantitative estimate of drug-likeness (QED) is 0.788. The highest BCUT2D eigenvalue weighted by molar-refractivity contribution is 6.31. The van der Waals surface area contributed by atoms with Crippen molar-refractivity contribution in [1.82, 2.24) is 0 Å². The van der Waals surface area contributed by atoms with E-state index in [2.05, 4.69) is 0 Å². The van der Waals surface area contributed by atoms with E-state index in [4.69, 9.17) is 11.6 Å². The lowest BCUT2D eigenvalue weighted by atomic mass is 10.0. The monoisotopic (exact) mass is 236 g/mol. The minimum Gasteiger partial charge on any atom is -0.507 e. The van der Waals surface area contributed by atoms with E-state index in [0.717, 1.165) is 0 Å². The summed E-state index contributed by atoms with van der Waals surface area (Å²) in [5, 5.41) is 10.2. The number of hydrogen-bond donors (Lipinski definition) is 1. The standard InChI is InChI=1S/C13H10ClFO/c1-8-2-3-9(6-12(8)15)11-7-10(14)4-5-13(11)16/h2-7,16H,1H3. The first-order chi connectivity index (χ1) is 7.58. The first-order valence-electron chi connectivity index (χ1n) is 4.83. The van der Waals surface area contributed by atoms with Crippen molar-refractivity contribution >= 4 is 11.6 Å². The summed E-state index contributed by atoms with van der Waals surface area (Å²) in [5.74, 6) is -0.204. The lowest BCUT2D eigenvalue weighted by Crippen LogP contribution is -1.85. The maximum Gasteiger partial charge on any atom is 0.126 e. The molecule has 0 amide bonds. The van der Waals surface area contributed by atoms with Crippen LogP contribution < -0.4 is 0 Å². The maximum absolute atomic E-state index is 13.4. The van der Waals surface area contributed by atoms with E-state index in [1.54, 1.807) is 31.2 Å². The van der Waals surface area contributed by atoms with Crippen molar-refractivity contribution in [2.75, 3.05) is 0 Å². The summed E-state index contributed by atoms with van der Waals surface area (Å²) in [4.78, 5) is 0. The fourth-order valence-corrected chi connectivity index (χ4v) is 1.67. The number of phenols is 1. The molecule has 2 rings (SSSR count). The van der Waals surface area contributed by atoms with E-state index in [-0.39, 0.29) is 11.6 Å². The molecular weight excluding hydrogens is 227 g/mol. The number of aryl methyl sites for hydroxylation is 1. The molecule has 0 atom stereocenters. The third kappa shape index (κ3) is 2.02. The maximum atomic E-state index is 13.4. The summed E-state index contributed by atoms with van der Waals surface area (Å²) >= 11 is 5.83. The fraction of sp³-hybridized carbons (Fsp3) is 0.0769. The molecule has 0 fully saturated rings. The Labute approximate surface area is 98.1 Å². The second-order valence-electron chi connectivity index (χ2n) is 3.63. The molecule has 1 N–H and O–H groups in total. The number of benzene rings is 2. The van der Waals surface area contributed by atoms with Crippen molar-refractivity contribution in [2.45, 2.75) is 6.92 Å². The highest BCUT2D eigenvalue weighted by Crippen LogP contribution is 2.32. The smallest absolute Gasteiger partial charge is 0.126 e. The summed E-state index contributed by atoms with van der Waals surface area (Å²) < 4.78 is 13.4. The van der Waals surface area contributed by atoms with Crippen LogP contribution in [0.5, 0.6) is 5.75 Å². The van der Waals surface area contributed by atoms with Gasteiger partial charge < -0.3 is 5.11 Å². The molecule has 82 valence electrons. The Balaban J connectivity index is 2.58. The van der Waals surface area contributed by atoms with Gasteiger partial charge >= 0.3 is 0 Å². The summed E-state index contributed by atoms with van der Waals surface area (Å²) in [6.45, 7) is 1.69. The van der Waals surface area contributed by atoms with E-state index in [9.17, 15) is 9.50 Å². The zero-order valence-electron chi connectivity index (χ0n) is 8.67. The van der Waals surface area contributed by atoms with E-state index in [1.165, 1.54) is 12.1 Å². The predicted octanol–water partition coefficient (Wildman–Crippen LogP) is 4.16. The Morgan fingerprint density at radius 3 is 2.56 bits per heavy atom. The van der Waals surface area contributed by atoms with Gasteiger partial charge in [-0.25, -0.2) is 4.39 Å². The van der Waals surface area contributed by atoms with Gasteiger partial charge in [-0.15, -0.1) is 0 Å². The Bertz CT molecular complexity index is 537. The Morgan fingerprint density at radius 2 is 1.88 bits per heavy atom. The van der Waals surface area contributed by atoms with Gasteiger partial charge in [0.05, 0.1) is 0 Å². The van der Waals surface area contributed by atoms with Gasteiger partial charge in [-0.2, -0.15) is 0 Å². The first-order valence-corrected chi connectivity index (χ1v) is 5.21. The molecule has 1 nitrogen and oxygen atoms in total. The number of phenolic OH excluding ortho intramolecular Hbond substituents is 1. The molecule has 0 bridgehead atoms. The van der Waals surface area contributed by atoms with E-state index < -0.39 is 0 Å². The van der Waals surface area contributed by atoms with Gasteiger partial charge in [0.2, 0.25) is 0 Å². The number of halogens is 2. The van der Waals surface area contributed by atoms with E-state index in [0.29, 0.717) is 21.7 Å². The van der Waals surface area contributed by atoms with Crippen LogP contribution in [0.3, 0.4) is 0 Å². The molecule has 2 aromatic rings. The average molecular weight is 237 g/mol. The number of rotatable bonds is 1. The minimum absolute atomic E-state index is 0.0904. The topological polar surface area (TPSA) is 20.2 Å². The van der Waals surface area contributed by atoms with Crippen LogP contribution >= 0.6 is 11.6 Å². The van der Waals surface area contributed by atoms with E-state index in [1.807, 2.05) is 0 Å². The van der Waals surface area contributed by atoms with Crippen LogP contribution in [0, 0.1) is 12.7 Å². The van der Waals surface area contributed by atoms with Gasteiger partial charge in [0.1, 0.15) is 11.6 Å². The molecular formula is C13H10ClFO. The van der Waals surface area contributed by atoms with Crippen molar-refractivity contribution in [3.8, 4) is 16.9 Å². The molecule has 2 aromatic carbocycles. The van der Waals surface area contributed by atoms with Crippen molar-refractivity contribution < 1.29 is 9.50 Å². The molecule has 0 spiro atoms. The van der Waals surface area contributed by atoms with Crippen LogP contribution in [0.4, 0.5) is 4.39 Å². The first kappa shape index (κ1) is 11.0. The van der Waals surface area contributed by atoms with Crippen LogP contribution in [0.25, 0.3) is 11.1 Å². The highest BCUT2D eigenvalue weighted by Gasteiger charge is 2.07. The van der Waals surface area contributed by atoms with Crippen LogP contribution in [0.2, 0.25) is 5.02 Å². The molecule has 0 unspecified atom stereocenters. The number of aromatic hydroxyl groups is 1. The van der Waals surface area contributed by atoms with Crippen molar-refractivity contribution in [1.29, 1.82) is 0 Å². The third-order valence-corrected chi connectivity index (χ3v) is 2.68.